The third kappa shape index (κ3) is 10.7. The Labute approximate surface area is 269 Å². The van der Waals surface area contributed by atoms with Crippen LogP contribution in [0.3, 0.4) is 0 Å². The largest absolute Gasteiger partial charge is 0.494 e. The summed E-state index contributed by atoms with van der Waals surface area (Å²) in [6, 6.07) is 19.7. The van der Waals surface area contributed by atoms with E-state index >= 15 is 0 Å². The maximum Gasteiger partial charge on any atom is 0.343 e. The predicted octanol–water partition coefficient (Wildman–Crippen LogP) is 6.35. The Hall–Kier alpha value is -4.70. The van der Waals surface area contributed by atoms with E-state index in [1.165, 1.54) is 24.2 Å². The van der Waals surface area contributed by atoms with Gasteiger partial charge in [-0.15, -0.1) is 0 Å². The van der Waals surface area contributed by atoms with E-state index in [-0.39, 0.29) is 18.4 Å². The van der Waals surface area contributed by atoms with Crippen LogP contribution in [0.25, 0.3) is 0 Å². The van der Waals surface area contributed by atoms with Crippen LogP contribution in [0.5, 0.6) is 11.5 Å². The molecule has 3 aromatic rings. The van der Waals surface area contributed by atoms with Crippen LogP contribution in [0.4, 0.5) is 5.69 Å². The van der Waals surface area contributed by atoms with Crippen LogP contribution in [0.1, 0.15) is 78.1 Å². The van der Waals surface area contributed by atoms with Crippen LogP contribution in [-0.4, -0.2) is 60.1 Å². The number of nitrogens with one attached hydrogen (secondary N) is 1. The number of amides is 2. The lowest BCUT2D eigenvalue weighted by Crippen LogP contribution is -2.35. The Balaban J connectivity index is 1.29. The molecule has 1 fully saturated rings. The van der Waals surface area contributed by atoms with Gasteiger partial charge in [-0.3, -0.25) is 14.4 Å². The monoisotopic (exact) mass is 630 g/mol. The standard InChI is InChI=1S/C36H42N2O8/c1-2-3-4-5-6-21-45-31-17-11-29(12-18-31)36(43)46-32-15-7-26(8-16-32)24-38(25-33(39)40)35(42)28-9-13-30(14-10-28)37-34(41)27-19-22-44-23-20-27/h7-18,27H,2-6,19-25H2,1H3,(H,37,41)(H,39,40). The van der Waals surface area contributed by atoms with E-state index < -0.39 is 24.4 Å². The van der Waals surface area contributed by atoms with Crippen molar-refractivity contribution >= 4 is 29.4 Å². The van der Waals surface area contributed by atoms with E-state index in [4.69, 9.17) is 14.2 Å². The zero-order valence-electron chi connectivity index (χ0n) is 26.2. The van der Waals surface area contributed by atoms with Crippen LogP contribution >= 0.6 is 0 Å². The number of hydrogen-bond acceptors (Lipinski definition) is 7. The molecular weight excluding hydrogens is 588 g/mol. The second-order valence-corrected chi connectivity index (χ2v) is 11.3. The van der Waals surface area contributed by atoms with E-state index in [2.05, 4.69) is 12.2 Å². The number of esters is 1. The van der Waals surface area contributed by atoms with Crippen molar-refractivity contribution in [2.24, 2.45) is 5.92 Å². The zero-order valence-corrected chi connectivity index (χ0v) is 26.2. The molecular formula is C36H42N2O8. The van der Waals surface area contributed by atoms with Gasteiger partial charge in [0.2, 0.25) is 5.91 Å². The van der Waals surface area contributed by atoms with E-state index in [1.54, 1.807) is 72.8 Å². The van der Waals surface area contributed by atoms with E-state index in [0.29, 0.717) is 66.5 Å². The molecule has 4 rings (SSSR count). The number of unbranched alkanes of at least 4 members (excludes halogenated alkanes) is 4. The fourth-order valence-electron chi connectivity index (χ4n) is 5.08. The molecule has 1 saturated heterocycles. The number of rotatable bonds is 16. The number of nitrogens with zero attached hydrogens (tertiary/aromatic N) is 1. The summed E-state index contributed by atoms with van der Waals surface area (Å²) in [6.45, 7) is 3.46. The number of carboxylic acid groups (broad SMARTS) is 1. The molecule has 0 aliphatic carbocycles. The fourth-order valence-corrected chi connectivity index (χ4v) is 5.08. The lowest BCUT2D eigenvalue weighted by molar-refractivity contribution is -0.137. The second-order valence-electron chi connectivity index (χ2n) is 11.3. The number of benzene rings is 3. The first-order chi connectivity index (χ1) is 22.3. The minimum Gasteiger partial charge on any atom is -0.494 e. The van der Waals surface area contributed by atoms with Crippen molar-refractivity contribution in [2.75, 3.05) is 31.7 Å². The zero-order chi connectivity index (χ0) is 32.7. The van der Waals surface area contributed by atoms with Crippen molar-refractivity contribution in [1.29, 1.82) is 0 Å². The summed E-state index contributed by atoms with van der Waals surface area (Å²) in [4.78, 5) is 51.2. The predicted molar refractivity (Wildman–Crippen MR) is 173 cm³/mol. The van der Waals surface area contributed by atoms with E-state index in [1.807, 2.05) is 0 Å². The molecule has 2 amide bonds. The number of carbonyl (C=O) groups excluding carboxylic acids is 3. The molecule has 10 nitrogen and oxygen atoms in total. The molecule has 0 saturated carbocycles. The van der Waals surface area contributed by atoms with Crippen molar-refractivity contribution in [1.82, 2.24) is 4.90 Å². The molecule has 1 aliphatic rings. The summed E-state index contributed by atoms with van der Waals surface area (Å²) in [5, 5.41) is 12.3. The lowest BCUT2D eigenvalue weighted by Gasteiger charge is -2.22. The van der Waals surface area contributed by atoms with Gasteiger partial charge in [0.05, 0.1) is 12.2 Å². The summed E-state index contributed by atoms with van der Waals surface area (Å²) in [6.07, 6.45) is 7.11. The fraction of sp³-hybridized carbons (Fsp3) is 0.389. The second kappa shape index (κ2) is 17.7. The third-order valence-corrected chi connectivity index (χ3v) is 7.72. The summed E-state index contributed by atoms with van der Waals surface area (Å²) in [7, 11) is 0. The van der Waals surface area contributed by atoms with Crippen molar-refractivity contribution in [3.63, 3.8) is 0 Å². The quantitative estimate of drug-likeness (QED) is 0.106. The SMILES string of the molecule is CCCCCCCOc1ccc(C(=O)Oc2ccc(CN(CC(=O)O)C(=O)c3ccc(NC(=O)C4CCOCC4)cc3)cc2)cc1. The minimum atomic E-state index is -1.15. The van der Waals surface area contributed by atoms with Gasteiger partial charge in [-0.2, -0.15) is 0 Å². The maximum absolute atomic E-state index is 13.3. The molecule has 2 N–H and O–H groups in total. The topological polar surface area (TPSA) is 131 Å². The van der Waals surface area contributed by atoms with E-state index in [0.717, 1.165) is 12.8 Å². The number of anilines is 1. The Bertz CT molecular complexity index is 1430. The van der Waals surface area contributed by atoms with Gasteiger partial charge in [-0.1, -0.05) is 44.7 Å². The highest BCUT2D eigenvalue weighted by Crippen LogP contribution is 2.21. The molecule has 0 radical (unpaired) electrons. The Morgan fingerprint density at radius 2 is 1.46 bits per heavy atom. The molecule has 46 heavy (non-hydrogen) atoms. The molecule has 10 heteroatoms. The van der Waals surface area contributed by atoms with Crippen LogP contribution in [0, 0.1) is 5.92 Å². The molecule has 0 unspecified atom stereocenters. The summed E-state index contributed by atoms with van der Waals surface area (Å²) in [5.74, 6) is -1.32. The molecule has 1 aliphatic heterocycles. The van der Waals surface area contributed by atoms with Gasteiger partial charge in [0.1, 0.15) is 18.0 Å². The third-order valence-electron chi connectivity index (χ3n) is 7.72. The number of aliphatic carboxylic acids is 1. The first kappa shape index (κ1) is 34.2. The molecule has 0 bridgehead atoms. The highest BCUT2D eigenvalue weighted by molar-refractivity contribution is 5.97. The molecule has 0 aromatic heterocycles. The summed E-state index contributed by atoms with van der Waals surface area (Å²) in [5.41, 5.74) is 1.89. The highest BCUT2D eigenvalue weighted by Gasteiger charge is 2.23. The van der Waals surface area contributed by atoms with Crippen LogP contribution < -0.4 is 14.8 Å². The number of hydrogen-bond donors (Lipinski definition) is 2. The summed E-state index contributed by atoms with van der Waals surface area (Å²) >= 11 is 0. The normalized spacial score (nSPS) is 13.1. The van der Waals surface area contributed by atoms with Crippen LogP contribution in [-0.2, 0) is 20.9 Å². The van der Waals surface area contributed by atoms with Crippen molar-refractivity contribution < 1.29 is 38.5 Å². The van der Waals surface area contributed by atoms with Crippen molar-refractivity contribution in [3.05, 3.63) is 89.5 Å². The average molecular weight is 631 g/mol. The van der Waals surface area contributed by atoms with Crippen LogP contribution in [0.2, 0.25) is 0 Å². The highest BCUT2D eigenvalue weighted by atomic mass is 16.5. The Kier molecular flexibility index (Phi) is 13.2. The number of ether oxygens (including phenoxy) is 3. The molecule has 3 aromatic carbocycles. The van der Waals surface area contributed by atoms with Crippen molar-refractivity contribution in [2.45, 2.75) is 58.4 Å². The van der Waals surface area contributed by atoms with Crippen molar-refractivity contribution in [3.8, 4) is 11.5 Å². The smallest absolute Gasteiger partial charge is 0.343 e. The maximum atomic E-state index is 13.3. The minimum absolute atomic E-state index is 0.0294. The lowest BCUT2D eigenvalue weighted by atomic mass is 9.99. The van der Waals surface area contributed by atoms with Gasteiger partial charge in [0.15, 0.2) is 0 Å². The van der Waals surface area contributed by atoms with Gasteiger partial charge in [-0.25, -0.2) is 4.79 Å². The van der Waals surface area contributed by atoms with E-state index in [9.17, 15) is 24.3 Å². The van der Waals surface area contributed by atoms with Crippen LogP contribution in [0.15, 0.2) is 72.8 Å². The Morgan fingerprint density at radius 1 is 0.826 bits per heavy atom. The first-order valence-corrected chi connectivity index (χ1v) is 15.9. The molecule has 244 valence electrons. The number of carbonyl (C=O) groups is 4. The van der Waals surface area contributed by atoms with Gasteiger partial charge in [0.25, 0.3) is 5.91 Å². The first-order valence-electron chi connectivity index (χ1n) is 15.9. The average Bonchev–Trinajstić information content (AvgIpc) is 3.07. The molecule has 0 spiro atoms. The Morgan fingerprint density at radius 3 is 2.11 bits per heavy atom. The van der Waals surface area contributed by atoms with Gasteiger partial charge in [0, 0.05) is 36.9 Å². The molecule has 1 heterocycles. The van der Waals surface area contributed by atoms with Gasteiger partial charge in [-0.05, 0) is 85.5 Å². The van der Waals surface area contributed by atoms with Gasteiger partial charge < -0.3 is 29.5 Å². The molecule has 0 atom stereocenters. The number of carboxylic acids is 1. The summed E-state index contributed by atoms with van der Waals surface area (Å²) < 4.78 is 16.6. The van der Waals surface area contributed by atoms with Gasteiger partial charge >= 0.3 is 11.9 Å².